The van der Waals surface area contributed by atoms with Crippen LogP contribution in [0.15, 0.2) is 48.5 Å². The lowest BCUT2D eigenvalue weighted by molar-refractivity contribution is -0.122. The Bertz CT molecular complexity index is 844. The van der Waals surface area contributed by atoms with Crippen molar-refractivity contribution in [3.05, 3.63) is 64.7 Å². The van der Waals surface area contributed by atoms with Gasteiger partial charge in [-0.3, -0.25) is 4.79 Å². The van der Waals surface area contributed by atoms with E-state index in [2.05, 4.69) is 20.7 Å². The van der Waals surface area contributed by atoms with Gasteiger partial charge in [-0.2, -0.15) is 4.80 Å². The van der Waals surface area contributed by atoms with Crippen LogP contribution in [-0.4, -0.2) is 26.1 Å². The first kappa shape index (κ1) is 16.1. The summed E-state index contributed by atoms with van der Waals surface area (Å²) in [4.78, 5) is 13.3. The number of nitrogens with one attached hydrogen (secondary N) is 1. The molecule has 3 rings (SSSR count). The minimum Gasteiger partial charge on any atom is -0.350 e. The van der Waals surface area contributed by atoms with E-state index in [4.69, 9.17) is 11.6 Å². The van der Waals surface area contributed by atoms with Gasteiger partial charge in [-0.05, 0) is 23.8 Å². The summed E-state index contributed by atoms with van der Waals surface area (Å²) in [5.74, 6) is 0.289. The molecule has 0 bridgehead atoms. The highest BCUT2D eigenvalue weighted by atomic mass is 35.5. The molecule has 0 aliphatic rings. The molecule has 0 saturated carbocycles. The van der Waals surface area contributed by atoms with Crippen LogP contribution in [0.3, 0.4) is 0 Å². The third kappa shape index (κ3) is 3.97. The number of aromatic nitrogens is 4. The highest BCUT2D eigenvalue weighted by Crippen LogP contribution is 2.15. The Morgan fingerprint density at radius 3 is 2.67 bits per heavy atom. The number of benzene rings is 2. The summed E-state index contributed by atoms with van der Waals surface area (Å²) in [7, 11) is 0. The fourth-order valence-electron chi connectivity index (χ4n) is 2.15. The second-order valence-corrected chi connectivity index (χ2v) is 5.78. The molecule has 0 radical (unpaired) electrons. The Morgan fingerprint density at radius 1 is 1.17 bits per heavy atom. The van der Waals surface area contributed by atoms with E-state index in [9.17, 15) is 4.79 Å². The first-order valence-electron chi connectivity index (χ1n) is 7.47. The molecule has 2 aromatic carbocycles. The molecule has 0 atom stereocenters. The van der Waals surface area contributed by atoms with Crippen LogP contribution < -0.4 is 5.32 Å². The third-order valence-corrected chi connectivity index (χ3v) is 3.85. The topological polar surface area (TPSA) is 72.7 Å². The average molecular weight is 342 g/mol. The summed E-state index contributed by atoms with van der Waals surface area (Å²) in [5, 5.41) is 15.5. The molecule has 122 valence electrons. The summed E-state index contributed by atoms with van der Waals surface area (Å²) in [5.41, 5.74) is 2.88. The SMILES string of the molecule is Cc1ccc(-c2nnn(CC(=O)NCc3ccccc3Cl)n2)cc1. The smallest absolute Gasteiger partial charge is 0.243 e. The van der Waals surface area contributed by atoms with Crippen molar-refractivity contribution in [1.29, 1.82) is 0 Å². The van der Waals surface area contributed by atoms with Crippen LogP contribution in [0.2, 0.25) is 5.02 Å². The van der Waals surface area contributed by atoms with Gasteiger partial charge >= 0.3 is 0 Å². The zero-order chi connectivity index (χ0) is 16.9. The molecular formula is C17H16ClN5O. The molecule has 0 spiro atoms. The minimum atomic E-state index is -0.206. The van der Waals surface area contributed by atoms with Gasteiger partial charge in [0.15, 0.2) is 0 Å². The van der Waals surface area contributed by atoms with E-state index in [0.29, 0.717) is 17.4 Å². The number of carbonyl (C=O) groups excluding carboxylic acids is 1. The van der Waals surface area contributed by atoms with Crippen LogP contribution in [0.4, 0.5) is 0 Å². The standard InChI is InChI=1S/C17H16ClN5O/c1-12-6-8-13(9-7-12)17-20-22-23(21-17)11-16(24)19-10-14-4-2-3-5-15(14)18/h2-9H,10-11H2,1H3,(H,19,24). The molecule has 3 aromatic rings. The maximum absolute atomic E-state index is 12.0. The van der Waals surface area contributed by atoms with Crippen LogP contribution in [0, 0.1) is 6.92 Å². The molecule has 0 saturated heterocycles. The first-order valence-corrected chi connectivity index (χ1v) is 7.84. The van der Waals surface area contributed by atoms with Gasteiger partial charge in [-0.1, -0.05) is 59.6 Å². The Hall–Kier alpha value is -2.73. The van der Waals surface area contributed by atoms with Crippen molar-refractivity contribution in [1.82, 2.24) is 25.5 Å². The lowest BCUT2D eigenvalue weighted by Crippen LogP contribution is -2.28. The maximum Gasteiger partial charge on any atom is 0.243 e. The van der Waals surface area contributed by atoms with E-state index in [0.717, 1.165) is 16.7 Å². The Kier molecular flexibility index (Phi) is 4.86. The van der Waals surface area contributed by atoms with Crippen molar-refractivity contribution in [2.75, 3.05) is 0 Å². The van der Waals surface area contributed by atoms with E-state index in [1.807, 2.05) is 49.4 Å². The Balaban J connectivity index is 1.59. The van der Waals surface area contributed by atoms with Crippen molar-refractivity contribution in [2.24, 2.45) is 0 Å². The average Bonchev–Trinajstić information content (AvgIpc) is 3.03. The third-order valence-electron chi connectivity index (χ3n) is 3.48. The van der Waals surface area contributed by atoms with Crippen LogP contribution >= 0.6 is 11.6 Å². The zero-order valence-corrected chi connectivity index (χ0v) is 13.9. The van der Waals surface area contributed by atoms with Gasteiger partial charge in [0.2, 0.25) is 11.7 Å². The number of amides is 1. The molecular weight excluding hydrogens is 326 g/mol. The van der Waals surface area contributed by atoms with Gasteiger partial charge in [0, 0.05) is 17.1 Å². The summed E-state index contributed by atoms with van der Waals surface area (Å²) in [6, 6.07) is 15.2. The molecule has 0 aliphatic carbocycles. The number of aryl methyl sites for hydroxylation is 1. The number of carbonyl (C=O) groups is 1. The minimum absolute atomic E-state index is 0.00329. The monoisotopic (exact) mass is 341 g/mol. The van der Waals surface area contributed by atoms with Gasteiger partial charge in [0.25, 0.3) is 0 Å². The summed E-state index contributed by atoms with van der Waals surface area (Å²) in [6.45, 7) is 2.37. The highest BCUT2D eigenvalue weighted by Gasteiger charge is 2.09. The fraction of sp³-hybridized carbons (Fsp3) is 0.176. The van der Waals surface area contributed by atoms with Gasteiger partial charge in [-0.25, -0.2) is 0 Å². The summed E-state index contributed by atoms with van der Waals surface area (Å²) in [6.07, 6.45) is 0. The predicted octanol–water partition coefficient (Wildman–Crippen LogP) is 2.62. The second kappa shape index (κ2) is 7.23. The van der Waals surface area contributed by atoms with Crippen molar-refractivity contribution in [3.63, 3.8) is 0 Å². The lowest BCUT2D eigenvalue weighted by atomic mass is 10.1. The van der Waals surface area contributed by atoms with Gasteiger partial charge in [0.1, 0.15) is 6.54 Å². The van der Waals surface area contributed by atoms with Gasteiger partial charge in [-0.15, -0.1) is 10.2 Å². The highest BCUT2D eigenvalue weighted by molar-refractivity contribution is 6.31. The van der Waals surface area contributed by atoms with Gasteiger partial charge in [0.05, 0.1) is 0 Å². The zero-order valence-electron chi connectivity index (χ0n) is 13.1. The summed E-state index contributed by atoms with van der Waals surface area (Å²) >= 11 is 6.06. The lowest BCUT2D eigenvalue weighted by Gasteiger charge is -2.06. The normalized spacial score (nSPS) is 10.6. The van der Waals surface area contributed by atoms with Gasteiger partial charge < -0.3 is 5.32 Å². The molecule has 24 heavy (non-hydrogen) atoms. The van der Waals surface area contributed by atoms with E-state index in [1.54, 1.807) is 6.07 Å². The van der Waals surface area contributed by atoms with E-state index in [-0.39, 0.29) is 12.5 Å². The second-order valence-electron chi connectivity index (χ2n) is 5.38. The van der Waals surface area contributed by atoms with Crippen LogP contribution in [0.5, 0.6) is 0 Å². The van der Waals surface area contributed by atoms with E-state index < -0.39 is 0 Å². The van der Waals surface area contributed by atoms with Crippen molar-refractivity contribution >= 4 is 17.5 Å². The summed E-state index contributed by atoms with van der Waals surface area (Å²) < 4.78 is 0. The Labute approximate surface area is 144 Å². The van der Waals surface area contributed by atoms with Crippen LogP contribution in [0.1, 0.15) is 11.1 Å². The molecule has 1 amide bonds. The van der Waals surface area contributed by atoms with Crippen molar-refractivity contribution in [2.45, 2.75) is 20.0 Å². The number of nitrogens with zero attached hydrogens (tertiary/aromatic N) is 4. The molecule has 6 nitrogen and oxygen atoms in total. The van der Waals surface area contributed by atoms with Crippen molar-refractivity contribution < 1.29 is 4.79 Å². The number of halogens is 1. The number of hydrogen-bond acceptors (Lipinski definition) is 4. The molecule has 0 unspecified atom stereocenters. The first-order chi connectivity index (χ1) is 11.6. The predicted molar refractivity (Wildman–Crippen MR) is 91.3 cm³/mol. The maximum atomic E-state index is 12.0. The van der Waals surface area contributed by atoms with Crippen molar-refractivity contribution in [3.8, 4) is 11.4 Å². The molecule has 1 heterocycles. The molecule has 1 aromatic heterocycles. The quantitative estimate of drug-likeness (QED) is 0.774. The fourth-order valence-corrected chi connectivity index (χ4v) is 2.35. The largest absolute Gasteiger partial charge is 0.350 e. The molecule has 0 aliphatic heterocycles. The Morgan fingerprint density at radius 2 is 1.92 bits per heavy atom. The molecule has 0 fully saturated rings. The number of hydrogen-bond donors (Lipinski definition) is 1. The number of rotatable bonds is 5. The number of tetrazole rings is 1. The molecule has 7 heteroatoms. The van der Waals surface area contributed by atoms with E-state index >= 15 is 0 Å². The van der Waals surface area contributed by atoms with Crippen LogP contribution in [0.25, 0.3) is 11.4 Å². The molecule has 1 N–H and O–H groups in total. The van der Waals surface area contributed by atoms with Crippen LogP contribution in [-0.2, 0) is 17.9 Å². The van der Waals surface area contributed by atoms with E-state index in [1.165, 1.54) is 4.80 Å².